The predicted molar refractivity (Wildman–Crippen MR) is 161 cm³/mol. The Bertz CT molecular complexity index is 1840. The molecule has 2 aromatic carbocycles. The Labute approximate surface area is 260 Å². The summed E-state index contributed by atoms with van der Waals surface area (Å²) < 4.78 is 66.8. The summed E-state index contributed by atoms with van der Waals surface area (Å²) in [4.78, 5) is 40.9. The van der Waals surface area contributed by atoms with E-state index in [2.05, 4.69) is 20.8 Å². The lowest BCUT2D eigenvalue weighted by Crippen LogP contribution is -2.48. The molecular formula is C32H31F5N6O3. The molecule has 0 saturated carbocycles. The van der Waals surface area contributed by atoms with Crippen molar-refractivity contribution in [1.29, 1.82) is 0 Å². The number of nitrogens with zero attached hydrogens (tertiary/aromatic N) is 4. The number of anilines is 2. The number of fused-ring (bicyclic) bond motifs is 2. The molecular weight excluding hydrogens is 611 g/mol. The molecule has 46 heavy (non-hydrogen) atoms. The molecule has 1 fully saturated rings. The van der Waals surface area contributed by atoms with Gasteiger partial charge >= 0.3 is 12.1 Å². The Morgan fingerprint density at radius 2 is 1.80 bits per heavy atom. The third-order valence-corrected chi connectivity index (χ3v) is 8.58. The van der Waals surface area contributed by atoms with E-state index in [-0.39, 0.29) is 41.6 Å². The van der Waals surface area contributed by atoms with Crippen LogP contribution in [0.15, 0.2) is 59.7 Å². The number of alkyl halides is 5. The molecule has 1 aliphatic heterocycles. The van der Waals surface area contributed by atoms with E-state index < -0.39 is 30.0 Å². The molecule has 4 aromatic rings. The number of amides is 1. The summed E-state index contributed by atoms with van der Waals surface area (Å²) in [5, 5.41) is 3.29. The van der Waals surface area contributed by atoms with Crippen molar-refractivity contribution in [3.8, 4) is 5.69 Å². The molecule has 1 aliphatic carbocycles. The van der Waals surface area contributed by atoms with Gasteiger partial charge in [0.2, 0.25) is 11.4 Å². The fraction of sp³-hybridized carbons (Fsp3) is 0.375. The zero-order valence-electron chi connectivity index (χ0n) is 24.8. The highest BCUT2D eigenvalue weighted by Crippen LogP contribution is 2.38. The van der Waals surface area contributed by atoms with Crippen molar-refractivity contribution < 1.29 is 31.6 Å². The minimum atomic E-state index is -5.58. The lowest BCUT2D eigenvalue weighted by atomic mass is 9.89. The van der Waals surface area contributed by atoms with Crippen LogP contribution in [0.4, 0.5) is 33.6 Å². The summed E-state index contributed by atoms with van der Waals surface area (Å²) in [6.45, 7) is -1.11. The Morgan fingerprint density at radius 1 is 1.04 bits per heavy atom. The van der Waals surface area contributed by atoms with Crippen LogP contribution in [0.5, 0.6) is 0 Å². The second kappa shape index (κ2) is 12.4. The van der Waals surface area contributed by atoms with Crippen LogP contribution in [0.2, 0.25) is 0 Å². The summed E-state index contributed by atoms with van der Waals surface area (Å²) >= 11 is 0. The third kappa shape index (κ3) is 6.31. The number of benzene rings is 2. The Kier molecular flexibility index (Phi) is 8.51. The summed E-state index contributed by atoms with van der Waals surface area (Å²) in [6.07, 6.45) is 1.03. The number of halogens is 5. The molecule has 0 bridgehead atoms. The van der Waals surface area contributed by atoms with Crippen LogP contribution < -0.4 is 16.2 Å². The van der Waals surface area contributed by atoms with Crippen LogP contribution >= 0.6 is 0 Å². The maximum Gasteiger partial charge on any atom is 0.454 e. The second-order valence-electron chi connectivity index (χ2n) is 11.6. The highest BCUT2D eigenvalue weighted by Gasteiger charge is 2.58. The zero-order chi connectivity index (χ0) is 32.6. The number of pyridine rings is 1. The molecule has 0 unspecified atom stereocenters. The van der Waals surface area contributed by atoms with Crippen molar-refractivity contribution in [2.75, 3.05) is 32.1 Å². The molecule has 2 N–H and O–H groups in total. The molecule has 9 nitrogen and oxygen atoms in total. The Balaban J connectivity index is 1.26. The average Bonchev–Trinajstić information content (AvgIpc) is 3.49. The molecule has 1 amide bonds. The molecule has 242 valence electrons. The smallest absolute Gasteiger partial charge is 0.324 e. The van der Waals surface area contributed by atoms with Crippen molar-refractivity contribution >= 4 is 28.6 Å². The van der Waals surface area contributed by atoms with Crippen molar-refractivity contribution in [3.63, 3.8) is 0 Å². The van der Waals surface area contributed by atoms with E-state index in [0.717, 1.165) is 35.4 Å². The number of aryl methyl sites for hydroxylation is 2. The van der Waals surface area contributed by atoms with Crippen molar-refractivity contribution in [2.45, 2.75) is 50.1 Å². The number of piperidine rings is 1. The topological polar surface area (TPSA) is 101 Å². The number of carbonyl (C=O) groups is 1. The Morgan fingerprint density at radius 3 is 2.54 bits per heavy atom. The van der Waals surface area contributed by atoms with E-state index in [0.29, 0.717) is 18.5 Å². The molecule has 14 heteroatoms. The maximum atomic E-state index is 13.5. The minimum Gasteiger partial charge on any atom is -0.324 e. The first-order valence-electron chi connectivity index (χ1n) is 14.9. The summed E-state index contributed by atoms with van der Waals surface area (Å²) in [6, 6.07) is 13.3. The van der Waals surface area contributed by atoms with Crippen molar-refractivity contribution in [1.82, 2.24) is 24.9 Å². The van der Waals surface area contributed by atoms with Gasteiger partial charge in [-0.2, -0.15) is 26.9 Å². The third-order valence-electron chi connectivity index (χ3n) is 8.58. The number of nitrogens with one attached hydrogen (secondary N) is 2. The van der Waals surface area contributed by atoms with E-state index >= 15 is 0 Å². The lowest BCUT2D eigenvalue weighted by molar-refractivity contribution is -0.287. The van der Waals surface area contributed by atoms with Crippen LogP contribution in [-0.4, -0.2) is 64.2 Å². The van der Waals surface area contributed by atoms with Crippen LogP contribution in [0.25, 0.3) is 16.7 Å². The molecule has 2 aliphatic rings. The maximum absolute atomic E-state index is 13.5. The fourth-order valence-corrected chi connectivity index (χ4v) is 6.18. The van der Waals surface area contributed by atoms with Gasteiger partial charge in [0.1, 0.15) is 5.56 Å². The number of rotatable bonds is 8. The largest absolute Gasteiger partial charge is 0.454 e. The Hall–Kier alpha value is -4.43. The summed E-state index contributed by atoms with van der Waals surface area (Å²) in [5.41, 5.74) is 6.49. The van der Waals surface area contributed by atoms with E-state index in [1.54, 1.807) is 10.6 Å². The first-order chi connectivity index (χ1) is 21.9. The van der Waals surface area contributed by atoms with Crippen molar-refractivity contribution in [3.05, 3.63) is 87.3 Å². The number of hydrogen-bond acceptors (Lipinski definition) is 7. The van der Waals surface area contributed by atoms with Gasteiger partial charge in [0.05, 0.1) is 19.0 Å². The highest BCUT2D eigenvalue weighted by atomic mass is 19.4. The van der Waals surface area contributed by atoms with Gasteiger partial charge in [-0.1, -0.05) is 18.2 Å². The number of hydroxylamine groups is 1. The van der Waals surface area contributed by atoms with Crippen LogP contribution in [0.1, 0.15) is 52.2 Å². The van der Waals surface area contributed by atoms with E-state index in [1.807, 2.05) is 36.4 Å². The molecule has 3 heterocycles. The number of carbonyl (C=O) groups excluding carboxylic acids is 1. The van der Waals surface area contributed by atoms with Gasteiger partial charge < -0.3 is 9.88 Å². The van der Waals surface area contributed by atoms with Gasteiger partial charge in [-0.3, -0.25) is 19.3 Å². The van der Waals surface area contributed by atoms with Gasteiger partial charge in [0.25, 0.3) is 5.91 Å². The van der Waals surface area contributed by atoms with Gasteiger partial charge in [0.15, 0.2) is 5.65 Å². The van der Waals surface area contributed by atoms with Crippen molar-refractivity contribution in [2.24, 2.45) is 0 Å². The molecule has 0 atom stereocenters. The van der Waals surface area contributed by atoms with Gasteiger partial charge in [-0.25, -0.2) is 10.5 Å². The van der Waals surface area contributed by atoms with Crippen LogP contribution in [0, 0.1) is 0 Å². The van der Waals surface area contributed by atoms with E-state index in [1.165, 1.54) is 30.6 Å². The average molecular weight is 643 g/mol. The molecule has 6 rings (SSSR count). The SMILES string of the molecule is CONC(=O)c1cn(-c2ccc3c(c2)CCC3)c2nc(Nc3cccc(C4CCN(CC(F)(F)C(F)(F)F)CC4)c3)ncc2c1=O. The minimum absolute atomic E-state index is 0.0308. The van der Waals surface area contributed by atoms with E-state index in [4.69, 9.17) is 4.84 Å². The first kappa shape index (κ1) is 31.5. The standard InChI is InChI=1S/C32H31F5N6O3/c1-46-41-29(45)26-17-43(24-9-8-19-4-2-5-22(19)15-24)28-25(27(26)44)16-38-30(40-28)39-23-7-3-6-21(14-23)20-10-12-42(13-11-20)18-31(33,34)32(35,36)37/h3,6-9,14-17,20H,2,4-5,10-13,18H2,1H3,(H,41,45)(H,38,39,40). The van der Waals surface area contributed by atoms with Gasteiger partial charge in [-0.05, 0) is 92.1 Å². The molecule has 0 radical (unpaired) electrons. The summed E-state index contributed by atoms with van der Waals surface area (Å²) in [5.74, 6) is -5.30. The van der Waals surface area contributed by atoms with Crippen LogP contribution in [0.3, 0.4) is 0 Å². The normalized spacial score (nSPS) is 16.0. The predicted octanol–water partition coefficient (Wildman–Crippen LogP) is 5.68. The molecule has 2 aromatic heterocycles. The second-order valence-corrected chi connectivity index (χ2v) is 11.6. The zero-order valence-corrected chi connectivity index (χ0v) is 24.8. The highest BCUT2D eigenvalue weighted by molar-refractivity contribution is 5.96. The first-order valence-corrected chi connectivity index (χ1v) is 14.9. The molecule has 1 saturated heterocycles. The quantitative estimate of drug-likeness (QED) is 0.188. The van der Waals surface area contributed by atoms with Gasteiger partial charge in [-0.15, -0.1) is 0 Å². The molecule has 0 spiro atoms. The van der Waals surface area contributed by atoms with Gasteiger partial charge in [0, 0.05) is 23.8 Å². The van der Waals surface area contributed by atoms with Crippen LogP contribution in [-0.2, 0) is 17.7 Å². The number of likely N-dealkylation sites (tertiary alicyclic amines) is 1. The monoisotopic (exact) mass is 642 g/mol. The lowest BCUT2D eigenvalue weighted by Gasteiger charge is -2.34. The number of aromatic nitrogens is 3. The fourth-order valence-electron chi connectivity index (χ4n) is 6.18. The summed E-state index contributed by atoms with van der Waals surface area (Å²) in [7, 11) is 1.27. The number of hydrogen-bond donors (Lipinski definition) is 2. The van der Waals surface area contributed by atoms with E-state index in [9.17, 15) is 31.5 Å².